The molecule has 1 aliphatic rings. The van der Waals surface area contributed by atoms with E-state index in [0.717, 1.165) is 44.2 Å². The van der Waals surface area contributed by atoms with Gasteiger partial charge in [-0.25, -0.2) is 4.99 Å². The molecule has 1 aromatic rings. The number of aliphatic imine (C=N–C) groups is 1. The first-order valence-corrected chi connectivity index (χ1v) is 9.04. The Bertz CT molecular complexity index is 633. The van der Waals surface area contributed by atoms with Gasteiger partial charge in [-0.15, -0.1) is 0 Å². The number of guanidine groups is 1. The summed E-state index contributed by atoms with van der Waals surface area (Å²) in [6, 6.07) is 5.73. The highest BCUT2D eigenvalue weighted by Crippen LogP contribution is 2.26. The van der Waals surface area contributed by atoms with Crippen LogP contribution in [0.15, 0.2) is 23.2 Å². The number of anilines is 1. The number of hydrogen-bond donors (Lipinski definition) is 2. The van der Waals surface area contributed by atoms with Crippen molar-refractivity contribution in [2.24, 2.45) is 10.9 Å². The summed E-state index contributed by atoms with van der Waals surface area (Å²) in [5.41, 5.74) is 1.68. The van der Waals surface area contributed by atoms with Crippen LogP contribution >= 0.6 is 0 Å². The number of hydrogen-bond acceptors (Lipinski definition) is 4. The van der Waals surface area contributed by atoms with E-state index in [9.17, 15) is 4.79 Å². The molecule has 0 radical (unpaired) electrons. The van der Waals surface area contributed by atoms with Gasteiger partial charge in [-0.2, -0.15) is 0 Å². The van der Waals surface area contributed by atoms with Crippen LogP contribution in [0, 0.1) is 5.92 Å². The van der Waals surface area contributed by atoms with Gasteiger partial charge in [0.2, 0.25) is 5.91 Å². The number of carbonyl (C=O) groups is 1. The number of benzene rings is 1. The molecule has 0 saturated carbocycles. The first kappa shape index (κ1) is 20.0. The third kappa shape index (κ3) is 5.62. The van der Waals surface area contributed by atoms with E-state index in [0.29, 0.717) is 23.9 Å². The largest absolute Gasteiger partial charge is 0.495 e. The smallest absolute Gasteiger partial charge is 0.221 e. The monoisotopic (exact) mass is 362 g/mol. The highest BCUT2D eigenvalue weighted by Gasteiger charge is 2.24. The van der Waals surface area contributed by atoms with Gasteiger partial charge in [-0.1, -0.05) is 6.07 Å². The molecule has 0 aromatic heterocycles. The fraction of sp³-hybridized carbons (Fsp3) is 0.579. The highest BCUT2D eigenvalue weighted by atomic mass is 16.5. The molecular formula is C19H30N4O3. The Kier molecular flexibility index (Phi) is 7.72. The molecule has 0 aliphatic carbocycles. The third-order valence-corrected chi connectivity index (χ3v) is 4.31. The Morgan fingerprint density at radius 3 is 2.85 bits per heavy atom. The van der Waals surface area contributed by atoms with Gasteiger partial charge in [-0.3, -0.25) is 4.79 Å². The topological polar surface area (TPSA) is 75.2 Å². The van der Waals surface area contributed by atoms with Crippen LogP contribution in [-0.4, -0.2) is 57.2 Å². The highest BCUT2D eigenvalue weighted by molar-refractivity contribution is 5.90. The van der Waals surface area contributed by atoms with Crippen molar-refractivity contribution in [1.82, 2.24) is 10.2 Å². The van der Waals surface area contributed by atoms with Crippen LogP contribution in [0.4, 0.5) is 5.69 Å². The van der Waals surface area contributed by atoms with Crippen LogP contribution in [0.5, 0.6) is 5.75 Å². The molecule has 1 saturated heterocycles. The van der Waals surface area contributed by atoms with Gasteiger partial charge in [0.1, 0.15) is 5.75 Å². The number of methoxy groups -OCH3 is 2. The molecule has 1 aliphatic heterocycles. The zero-order valence-electron chi connectivity index (χ0n) is 16.2. The minimum absolute atomic E-state index is 0.126. The molecule has 1 heterocycles. The summed E-state index contributed by atoms with van der Waals surface area (Å²) in [7, 11) is 3.34. The van der Waals surface area contributed by atoms with Crippen molar-refractivity contribution in [3.05, 3.63) is 23.8 Å². The lowest BCUT2D eigenvalue weighted by Crippen LogP contribution is -2.40. The number of likely N-dealkylation sites (tertiary alicyclic amines) is 1. The summed E-state index contributed by atoms with van der Waals surface area (Å²) in [5, 5.41) is 6.17. The van der Waals surface area contributed by atoms with Gasteiger partial charge in [0, 0.05) is 39.6 Å². The van der Waals surface area contributed by atoms with Crippen LogP contribution < -0.4 is 15.4 Å². The molecule has 144 valence electrons. The Hall–Kier alpha value is -2.28. The second-order valence-corrected chi connectivity index (χ2v) is 6.44. The predicted molar refractivity (Wildman–Crippen MR) is 104 cm³/mol. The van der Waals surface area contributed by atoms with Gasteiger partial charge < -0.3 is 25.0 Å². The number of carbonyl (C=O) groups excluding carboxylic acids is 1. The SMILES string of the molecule is CCNC(=NCc1ccc(OC)c(NC(C)=O)c1)N1CCC(COC)C1. The minimum atomic E-state index is -0.126. The maximum Gasteiger partial charge on any atom is 0.221 e. The second kappa shape index (κ2) is 10.0. The van der Waals surface area contributed by atoms with E-state index in [1.165, 1.54) is 6.92 Å². The zero-order chi connectivity index (χ0) is 18.9. The molecule has 1 atom stereocenters. The van der Waals surface area contributed by atoms with E-state index in [1.54, 1.807) is 14.2 Å². The Labute approximate surface area is 155 Å². The van der Waals surface area contributed by atoms with Crippen LogP contribution in [0.1, 0.15) is 25.8 Å². The normalized spacial score (nSPS) is 17.3. The maximum atomic E-state index is 11.4. The molecule has 26 heavy (non-hydrogen) atoms. The third-order valence-electron chi connectivity index (χ3n) is 4.31. The summed E-state index contributed by atoms with van der Waals surface area (Å²) in [6.45, 7) is 7.64. The average Bonchev–Trinajstić information content (AvgIpc) is 3.07. The summed E-state index contributed by atoms with van der Waals surface area (Å²) in [5.74, 6) is 1.99. The Balaban J connectivity index is 2.10. The van der Waals surface area contributed by atoms with Crippen molar-refractivity contribution >= 4 is 17.6 Å². The standard InChI is InChI=1S/C19H30N4O3/c1-5-20-19(23-9-8-16(12-23)13-25-3)21-11-15-6-7-18(26-4)17(10-15)22-14(2)24/h6-7,10,16H,5,8-9,11-13H2,1-4H3,(H,20,21)(H,22,24). The molecule has 1 unspecified atom stereocenters. The molecular weight excluding hydrogens is 332 g/mol. The molecule has 2 N–H and O–H groups in total. The van der Waals surface area contributed by atoms with E-state index in [1.807, 2.05) is 18.2 Å². The predicted octanol–water partition coefficient (Wildman–Crippen LogP) is 2.09. The Morgan fingerprint density at radius 2 is 2.19 bits per heavy atom. The lowest BCUT2D eigenvalue weighted by molar-refractivity contribution is -0.114. The number of nitrogens with one attached hydrogen (secondary N) is 2. The van der Waals surface area contributed by atoms with Crippen LogP contribution in [0.2, 0.25) is 0 Å². The van der Waals surface area contributed by atoms with Gasteiger partial charge in [0.15, 0.2) is 5.96 Å². The number of rotatable bonds is 7. The molecule has 2 rings (SSSR count). The van der Waals surface area contributed by atoms with Crippen molar-refractivity contribution in [3.8, 4) is 5.75 Å². The van der Waals surface area contributed by atoms with Gasteiger partial charge in [0.05, 0.1) is 25.9 Å². The zero-order valence-corrected chi connectivity index (χ0v) is 16.2. The summed E-state index contributed by atoms with van der Waals surface area (Å²) < 4.78 is 10.6. The maximum absolute atomic E-state index is 11.4. The fourth-order valence-corrected chi connectivity index (χ4v) is 3.13. The number of ether oxygens (including phenoxy) is 2. The summed E-state index contributed by atoms with van der Waals surface area (Å²) in [6.07, 6.45) is 1.12. The van der Waals surface area contributed by atoms with E-state index in [4.69, 9.17) is 14.5 Å². The lowest BCUT2D eigenvalue weighted by atomic mass is 10.1. The number of amides is 1. The average molecular weight is 362 g/mol. The van der Waals surface area contributed by atoms with Crippen LogP contribution in [0.25, 0.3) is 0 Å². The summed E-state index contributed by atoms with van der Waals surface area (Å²) in [4.78, 5) is 18.4. The van der Waals surface area contributed by atoms with Crippen molar-refractivity contribution < 1.29 is 14.3 Å². The molecule has 0 spiro atoms. The molecule has 7 nitrogen and oxygen atoms in total. The van der Waals surface area contributed by atoms with Crippen LogP contribution in [0.3, 0.4) is 0 Å². The first-order chi connectivity index (χ1) is 12.6. The second-order valence-electron chi connectivity index (χ2n) is 6.44. The minimum Gasteiger partial charge on any atom is -0.495 e. The van der Waals surface area contributed by atoms with Gasteiger partial charge in [-0.05, 0) is 31.0 Å². The molecule has 0 bridgehead atoms. The number of nitrogens with zero attached hydrogens (tertiary/aromatic N) is 2. The quantitative estimate of drug-likeness (QED) is 0.574. The van der Waals surface area contributed by atoms with E-state index in [2.05, 4.69) is 22.5 Å². The Morgan fingerprint density at radius 1 is 1.38 bits per heavy atom. The first-order valence-electron chi connectivity index (χ1n) is 9.04. The molecule has 1 amide bonds. The van der Waals surface area contributed by atoms with Crippen molar-refractivity contribution in [3.63, 3.8) is 0 Å². The van der Waals surface area contributed by atoms with Gasteiger partial charge in [0.25, 0.3) is 0 Å². The van der Waals surface area contributed by atoms with Crippen molar-refractivity contribution in [2.75, 3.05) is 45.8 Å². The molecule has 1 fully saturated rings. The molecule has 7 heteroatoms. The summed E-state index contributed by atoms with van der Waals surface area (Å²) >= 11 is 0. The lowest BCUT2D eigenvalue weighted by Gasteiger charge is -2.21. The van der Waals surface area contributed by atoms with E-state index in [-0.39, 0.29) is 5.91 Å². The molecule has 1 aromatic carbocycles. The van der Waals surface area contributed by atoms with E-state index >= 15 is 0 Å². The van der Waals surface area contributed by atoms with E-state index < -0.39 is 0 Å². The van der Waals surface area contributed by atoms with Crippen LogP contribution in [-0.2, 0) is 16.1 Å². The van der Waals surface area contributed by atoms with Gasteiger partial charge >= 0.3 is 0 Å². The van der Waals surface area contributed by atoms with Crippen molar-refractivity contribution in [2.45, 2.75) is 26.8 Å². The van der Waals surface area contributed by atoms with Crippen molar-refractivity contribution in [1.29, 1.82) is 0 Å². The fourth-order valence-electron chi connectivity index (χ4n) is 3.13.